The van der Waals surface area contributed by atoms with Crippen LogP contribution in [0.15, 0.2) is 5.03 Å². The zero-order chi connectivity index (χ0) is 15.8. The molecule has 0 aromatic carbocycles. The third-order valence-electron chi connectivity index (χ3n) is 3.92. The fraction of sp³-hybridized carbons (Fsp3) is 0.667. The Labute approximate surface area is 123 Å². The van der Waals surface area contributed by atoms with Gasteiger partial charge in [0.25, 0.3) is 10.0 Å². The highest BCUT2D eigenvalue weighted by molar-refractivity contribution is 7.89. The van der Waals surface area contributed by atoms with E-state index in [-0.39, 0.29) is 17.3 Å². The monoisotopic (exact) mass is 316 g/mol. The third kappa shape index (κ3) is 2.94. The van der Waals surface area contributed by atoms with Gasteiger partial charge in [0.15, 0.2) is 0 Å². The minimum Gasteiger partial charge on any atom is -0.478 e. The van der Waals surface area contributed by atoms with Crippen LogP contribution in [0.3, 0.4) is 0 Å². The zero-order valence-electron chi connectivity index (χ0n) is 12.3. The average Bonchev–Trinajstić information content (AvgIpc) is 2.96. The van der Waals surface area contributed by atoms with Crippen molar-refractivity contribution in [3.63, 3.8) is 0 Å². The molecule has 8 nitrogen and oxygen atoms in total. The molecule has 21 heavy (non-hydrogen) atoms. The number of sulfonamides is 1. The first-order valence-electron chi connectivity index (χ1n) is 6.70. The van der Waals surface area contributed by atoms with Crippen molar-refractivity contribution in [1.29, 1.82) is 0 Å². The Morgan fingerprint density at radius 3 is 2.76 bits per heavy atom. The minimum atomic E-state index is -3.92. The Kier molecular flexibility index (Phi) is 4.35. The van der Waals surface area contributed by atoms with Crippen LogP contribution in [-0.4, -0.2) is 72.1 Å². The normalized spacial score (nSPS) is 20.3. The number of nitrogens with one attached hydrogen (secondary N) is 1. The van der Waals surface area contributed by atoms with Gasteiger partial charge in [-0.05, 0) is 33.4 Å². The molecule has 0 aliphatic carbocycles. The molecule has 1 aromatic rings. The third-order valence-corrected chi connectivity index (χ3v) is 5.68. The van der Waals surface area contributed by atoms with Gasteiger partial charge in [-0.25, -0.2) is 13.2 Å². The first-order valence-corrected chi connectivity index (χ1v) is 8.14. The van der Waals surface area contributed by atoms with Gasteiger partial charge in [0.2, 0.25) is 5.03 Å². The molecule has 1 atom stereocenters. The minimum absolute atomic E-state index is 0.151. The van der Waals surface area contributed by atoms with Crippen molar-refractivity contribution in [2.75, 3.05) is 27.2 Å². The van der Waals surface area contributed by atoms with Gasteiger partial charge in [-0.15, -0.1) is 0 Å². The molecule has 0 saturated carbocycles. The molecule has 0 amide bonds. The van der Waals surface area contributed by atoms with Crippen LogP contribution in [0.25, 0.3) is 0 Å². The lowest BCUT2D eigenvalue weighted by molar-refractivity contribution is 0.0691. The molecule has 1 fully saturated rings. The molecule has 0 bridgehead atoms. The second-order valence-corrected chi connectivity index (χ2v) is 7.36. The molecule has 0 radical (unpaired) electrons. The van der Waals surface area contributed by atoms with Crippen molar-refractivity contribution < 1.29 is 18.3 Å². The van der Waals surface area contributed by atoms with Crippen molar-refractivity contribution in [2.24, 2.45) is 0 Å². The summed E-state index contributed by atoms with van der Waals surface area (Å²) in [7, 11) is -0.508. The van der Waals surface area contributed by atoms with E-state index in [1.165, 1.54) is 18.3 Å². The number of H-pyrrole nitrogens is 1. The van der Waals surface area contributed by atoms with Crippen LogP contribution in [0, 0.1) is 6.92 Å². The van der Waals surface area contributed by atoms with Crippen LogP contribution in [0.4, 0.5) is 0 Å². The fourth-order valence-corrected chi connectivity index (χ4v) is 3.92. The van der Waals surface area contributed by atoms with E-state index in [1.807, 2.05) is 7.05 Å². The Hall–Kier alpha value is -1.45. The standard InChI is InChI=1S/C12H20N4O4S/c1-8-10(12(17)18)11(14-13-8)21(19,20)16(3)7-9-5-4-6-15(9)2/h9H,4-7H2,1-3H3,(H,13,14)(H,17,18). The molecule has 1 aliphatic heterocycles. The first kappa shape index (κ1) is 15.9. The van der Waals surface area contributed by atoms with Crippen molar-refractivity contribution in [3.05, 3.63) is 11.3 Å². The molecule has 118 valence electrons. The summed E-state index contributed by atoms with van der Waals surface area (Å²) >= 11 is 0. The largest absolute Gasteiger partial charge is 0.478 e. The van der Waals surface area contributed by atoms with Gasteiger partial charge in [0.1, 0.15) is 5.56 Å². The second kappa shape index (κ2) is 5.74. The number of carboxylic acids is 1. The zero-order valence-corrected chi connectivity index (χ0v) is 13.1. The highest BCUT2D eigenvalue weighted by Crippen LogP contribution is 2.22. The molecule has 1 aliphatic rings. The molecular weight excluding hydrogens is 296 g/mol. The topological polar surface area (TPSA) is 107 Å². The first-order chi connectivity index (χ1) is 9.75. The molecule has 2 heterocycles. The Balaban J connectivity index is 2.27. The number of likely N-dealkylation sites (N-methyl/N-ethyl adjacent to an activating group) is 2. The van der Waals surface area contributed by atoms with Crippen LogP contribution in [0.2, 0.25) is 0 Å². The number of rotatable bonds is 5. The number of aryl methyl sites for hydroxylation is 1. The average molecular weight is 316 g/mol. The van der Waals surface area contributed by atoms with Crippen LogP contribution in [-0.2, 0) is 10.0 Å². The van der Waals surface area contributed by atoms with Gasteiger partial charge in [0, 0.05) is 25.3 Å². The molecule has 1 saturated heterocycles. The number of hydrogen-bond acceptors (Lipinski definition) is 5. The maximum atomic E-state index is 12.5. The molecule has 0 spiro atoms. The van der Waals surface area contributed by atoms with E-state index in [1.54, 1.807) is 0 Å². The number of hydrogen-bond donors (Lipinski definition) is 2. The quantitative estimate of drug-likeness (QED) is 0.800. The summed E-state index contributed by atoms with van der Waals surface area (Å²) in [5.41, 5.74) is -0.0610. The van der Waals surface area contributed by atoms with E-state index in [4.69, 9.17) is 5.11 Å². The highest BCUT2D eigenvalue weighted by Gasteiger charge is 2.33. The predicted octanol–water partition coefficient (Wildman–Crippen LogP) is 0.131. The highest BCUT2D eigenvalue weighted by atomic mass is 32.2. The maximum Gasteiger partial charge on any atom is 0.340 e. The van der Waals surface area contributed by atoms with Gasteiger partial charge in [-0.2, -0.15) is 9.40 Å². The molecule has 2 rings (SSSR count). The van der Waals surface area contributed by atoms with Gasteiger partial charge < -0.3 is 10.0 Å². The van der Waals surface area contributed by atoms with Crippen molar-refractivity contribution in [2.45, 2.75) is 30.8 Å². The summed E-state index contributed by atoms with van der Waals surface area (Å²) in [5, 5.41) is 14.8. The SMILES string of the molecule is Cc1[nH]nc(S(=O)(=O)N(C)CC2CCCN2C)c1C(=O)O. The van der Waals surface area contributed by atoms with Crippen LogP contribution < -0.4 is 0 Å². The molecular formula is C12H20N4O4S. The lowest BCUT2D eigenvalue weighted by Crippen LogP contribution is -2.40. The number of aromatic amines is 1. The summed E-state index contributed by atoms with van der Waals surface area (Å²) in [6.07, 6.45) is 1.97. The molecule has 2 N–H and O–H groups in total. The van der Waals surface area contributed by atoms with Crippen molar-refractivity contribution >= 4 is 16.0 Å². The second-order valence-electron chi connectivity index (χ2n) is 5.40. The Bertz CT molecular complexity index is 640. The molecule has 1 aromatic heterocycles. The van der Waals surface area contributed by atoms with Crippen LogP contribution >= 0.6 is 0 Å². The summed E-state index contributed by atoms with van der Waals surface area (Å²) in [4.78, 5) is 13.3. The summed E-state index contributed by atoms with van der Waals surface area (Å²) in [6, 6.07) is 0.151. The van der Waals surface area contributed by atoms with Crippen LogP contribution in [0.1, 0.15) is 28.9 Å². The Morgan fingerprint density at radius 2 is 2.24 bits per heavy atom. The lowest BCUT2D eigenvalue weighted by atomic mass is 10.2. The number of carboxylic acid groups (broad SMARTS) is 1. The number of aromatic nitrogens is 2. The van der Waals surface area contributed by atoms with Gasteiger partial charge >= 0.3 is 5.97 Å². The number of carbonyl (C=O) groups is 1. The maximum absolute atomic E-state index is 12.5. The van der Waals surface area contributed by atoms with E-state index in [2.05, 4.69) is 15.1 Å². The number of likely N-dealkylation sites (tertiary alicyclic amines) is 1. The summed E-state index contributed by atoms with van der Waals surface area (Å²) < 4.78 is 26.2. The van der Waals surface area contributed by atoms with E-state index in [9.17, 15) is 13.2 Å². The Morgan fingerprint density at radius 1 is 1.57 bits per heavy atom. The van der Waals surface area contributed by atoms with Gasteiger partial charge in [-0.3, -0.25) is 5.10 Å². The van der Waals surface area contributed by atoms with Crippen molar-refractivity contribution in [3.8, 4) is 0 Å². The van der Waals surface area contributed by atoms with E-state index >= 15 is 0 Å². The summed E-state index contributed by atoms with van der Waals surface area (Å²) in [6.45, 7) is 2.75. The summed E-state index contributed by atoms with van der Waals surface area (Å²) in [5.74, 6) is -1.30. The van der Waals surface area contributed by atoms with Gasteiger partial charge in [0.05, 0.1) is 0 Å². The lowest BCUT2D eigenvalue weighted by Gasteiger charge is -2.24. The predicted molar refractivity (Wildman–Crippen MR) is 75.8 cm³/mol. The van der Waals surface area contributed by atoms with Gasteiger partial charge in [-0.1, -0.05) is 0 Å². The smallest absolute Gasteiger partial charge is 0.340 e. The van der Waals surface area contributed by atoms with Crippen molar-refractivity contribution in [1.82, 2.24) is 19.4 Å². The number of aromatic carboxylic acids is 1. The van der Waals surface area contributed by atoms with E-state index in [0.717, 1.165) is 19.4 Å². The van der Waals surface area contributed by atoms with E-state index < -0.39 is 21.0 Å². The number of nitrogens with zero attached hydrogens (tertiary/aromatic N) is 3. The van der Waals surface area contributed by atoms with Crippen LogP contribution in [0.5, 0.6) is 0 Å². The fourth-order valence-electron chi connectivity index (χ4n) is 2.60. The van der Waals surface area contributed by atoms with E-state index in [0.29, 0.717) is 6.54 Å². The molecule has 1 unspecified atom stereocenters. The molecule has 9 heteroatoms.